The lowest BCUT2D eigenvalue weighted by Gasteiger charge is -2.24. The Morgan fingerprint density at radius 3 is 2.75 bits per heavy atom. The van der Waals surface area contributed by atoms with Crippen LogP contribution in [0.4, 0.5) is 0 Å². The average Bonchev–Trinajstić information content (AvgIpc) is 3.17. The highest BCUT2D eigenvalue weighted by Gasteiger charge is 2.38. The minimum absolute atomic E-state index is 0.0625. The van der Waals surface area contributed by atoms with Crippen LogP contribution in [0.25, 0.3) is 0 Å². The van der Waals surface area contributed by atoms with Crippen molar-refractivity contribution in [2.24, 2.45) is 5.92 Å². The zero-order chi connectivity index (χ0) is 13.9. The van der Waals surface area contributed by atoms with E-state index >= 15 is 0 Å². The van der Waals surface area contributed by atoms with Crippen molar-refractivity contribution >= 4 is 11.8 Å². The van der Waals surface area contributed by atoms with E-state index in [1.165, 1.54) is 19.3 Å². The summed E-state index contributed by atoms with van der Waals surface area (Å²) in [4.78, 5) is 26.2. The fourth-order valence-corrected chi connectivity index (χ4v) is 3.78. The van der Waals surface area contributed by atoms with Crippen molar-refractivity contribution in [2.75, 3.05) is 19.6 Å². The normalized spacial score (nSPS) is 31.2. The maximum absolute atomic E-state index is 12.2. The minimum Gasteiger partial charge on any atom is -0.354 e. The van der Waals surface area contributed by atoms with E-state index in [0.29, 0.717) is 31.6 Å². The molecule has 1 aliphatic carbocycles. The first kappa shape index (κ1) is 13.9. The molecule has 20 heavy (non-hydrogen) atoms. The quantitative estimate of drug-likeness (QED) is 0.794. The van der Waals surface area contributed by atoms with Crippen LogP contribution in [0.5, 0.6) is 0 Å². The first-order chi connectivity index (χ1) is 9.74. The fourth-order valence-electron chi connectivity index (χ4n) is 3.78. The van der Waals surface area contributed by atoms with Crippen LogP contribution in [-0.2, 0) is 9.59 Å². The van der Waals surface area contributed by atoms with Crippen molar-refractivity contribution in [1.82, 2.24) is 15.5 Å². The lowest BCUT2D eigenvalue weighted by molar-refractivity contribution is -0.130. The molecule has 2 N–H and O–H groups in total. The van der Waals surface area contributed by atoms with Crippen LogP contribution in [-0.4, -0.2) is 48.4 Å². The molecule has 3 fully saturated rings. The van der Waals surface area contributed by atoms with E-state index in [-0.39, 0.29) is 17.7 Å². The molecule has 112 valence electrons. The lowest BCUT2D eigenvalue weighted by Crippen LogP contribution is -2.41. The van der Waals surface area contributed by atoms with Gasteiger partial charge in [0.1, 0.15) is 0 Å². The Morgan fingerprint density at radius 1 is 1.25 bits per heavy atom. The molecule has 1 saturated carbocycles. The molecule has 0 aromatic carbocycles. The SMILES string of the molecule is O=C(NCC1CCCN1)C1CC(=O)N(C2CCCC2)C1. The van der Waals surface area contributed by atoms with Gasteiger partial charge in [0.25, 0.3) is 0 Å². The monoisotopic (exact) mass is 279 g/mol. The van der Waals surface area contributed by atoms with Gasteiger partial charge in [-0.2, -0.15) is 0 Å². The van der Waals surface area contributed by atoms with E-state index < -0.39 is 0 Å². The molecule has 2 unspecified atom stereocenters. The highest BCUT2D eigenvalue weighted by molar-refractivity contribution is 5.89. The molecule has 5 nitrogen and oxygen atoms in total. The molecule has 5 heteroatoms. The van der Waals surface area contributed by atoms with Crippen LogP contribution in [0.3, 0.4) is 0 Å². The molecular formula is C15H25N3O2. The molecule has 2 amide bonds. The number of nitrogens with zero attached hydrogens (tertiary/aromatic N) is 1. The van der Waals surface area contributed by atoms with Crippen molar-refractivity contribution in [3.63, 3.8) is 0 Å². The zero-order valence-electron chi connectivity index (χ0n) is 12.1. The maximum Gasteiger partial charge on any atom is 0.225 e. The minimum atomic E-state index is -0.135. The summed E-state index contributed by atoms with van der Waals surface area (Å²) < 4.78 is 0. The largest absolute Gasteiger partial charge is 0.354 e. The second-order valence-corrected chi connectivity index (χ2v) is 6.42. The van der Waals surface area contributed by atoms with Gasteiger partial charge in [0.05, 0.1) is 5.92 Å². The van der Waals surface area contributed by atoms with Crippen molar-refractivity contribution < 1.29 is 9.59 Å². The Labute approximate surface area is 120 Å². The second-order valence-electron chi connectivity index (χ2n) is 6.42. The molecule has 3 rings (SSSR count). The van der Waals surface area contributed by atoms with E-state index in [1.807, 2.05) is 4.90 Å². The summed E-state index contributed by atoms with van der Waals surface area (Å²) in [5, 5.41) is 6.39. The number of amides is 2. The molecule has 2 saturated heterocycles. The Bertz CT molecular complexity index is 373. The van der Waals surface area contributed by atoms with Gasteiger partial charge in [0, 0.05) is 31.6 Å². The smallest absolute Gasteiger partial charge is 0.225 e. The van der Waals surface area contributed by atoms with Crippen LogP contribution >= 0.6 is 0 Å². The third kappa shape index (κ3) is 2.97. The number of carbonyl (C=O) groups excluding carboxylic acids is 2. The van der Waals surface area contributed by atoms with E-state index in [2.05, 4.69) is 10.6 Å². The third-order valence-electron chi connectivity index (χ3n) is 4.98. The first-order valence-corrected chi connectivity index (χ1v) is 8.04. The van der Waals surface area contributed by atoms with Gasteiger partial charge in [-0.1, -0.05) is 12.8 Å². The molecule has 2 heterocycles. The molecule has 0 aromatic heterocycles. The highest BCUT2D eigenvalue weighted by atomic mass is 16.2. The van der Waals surface area contributed by atoms with Gasteiger partial charge in [-0.15, -0.1) is 0 Å². The van der Waals surface area contributed by atoms with E-state index in [1.54, 1.807) is 0 Å². The fraction of sp³-hybridized carbons (Fsp3) is 0.867. The summed E-state index contributed by atoms with van der Waals surface area (Å²) in [6, 6.07) is 0.818. The molecular weight excluding hydrogens is 254 g/mol. The number of hydrogen-bond donors (Lipinski definition) is 2. The summed E-state index contributed by atoms with van der Waals surface area (Å²) in [5.74, 6) is 0.105. The van der Waals surface area contributed by atoms with Crippen LogP contribution in [0.1, 0.15) is 44.9 Å². The van der Waals surface area contributed by atoms with Gasteiger partial charge in [0.15, 0.2) is 0 Å². The summed E-state index contributed by atoms with van der Waals surface area (Å²) in [6.07, 6.45) is 7.41. The number of likely N-dealkylation sites (tertiary alicyclic amines) is 1. The predicted octanol–water partition coefficient (Wildman–Crippen LogP) is 0.646. The predicted molar refractivity (Wildman–Crippen MR) is 76.1 cm³/mol. The van der Waals surface area contributed by atoms with Crippen LogP contribution < -0.4 is 10.6 Å². The first-order valence-electron chi connectivity index (χ1n) is 8.04. The standard InChI is InChI=1S/C15H25N3O2/c19-14-8-11(10-18(14)13-5-1-2-6-13)15(20)17-9-12-4-3-7-16-12/h11-13,16H,1-10H2,(H,17,20). The summed E-state index contributed by atoms with van der Waals surface area (Å²) in [6.45, 7) is 2.39. The Balaban J connectivity index is 1.47. The Hall–Kier alpha value is -1.10. The van der Waals surface area contributed by atoms with E-state index in [4.69, 9.17) is 0 Å². The van der Waals surface area contributed by atoms with Crippen LogP contribution in [0.15, 0.2) is 0 Å². The molecule has 0 aromatic rings. The van der Waals surface area contributed by atoms with Gasteiger partial charge < -0.3 is 15.5 Å². The maximum atomic E-state index is 12.2. The Kier molecular flexibility index (Phi) is 4.24. The summed E-state index contributed by atoms with van der Waals surface area (Å²) in [7, 11) is 0. The molecule has 2 atom stereocenters. The number of rotatable bonds is 4. The summed E-state index contributed by atoms with van der Waals surface area (Å²) in [5.41, 5.74) is 0. The number of hydrogen-bond acceptors (Lipinski definition) is 3. The lowest BCUT2D eigenvalue weighted by atomic mass is 10.1. The zero-order valence-corrected chi connectivity index (χ0v) is 12.1. The van der Waals surface area contributed by atoms with Crippen molar-refractivity contribution in [2.45, 2.75) is 57.0 Å². The number of carbonyl (C=O) groups is 2. The van der Waals surface area contributed by atoms with Crippen molar-refractivity contribution in [3.8, 4) is 0 Å². The molecule has 3 aliphatic rings. The number of nitrogens with one attached hydrogen (secondary N) is 2. The van der Waals surface area contributed by atoms with Gasteiger partial charge in [-0.05, 0) is 32.2 Å². The van der Waals surface area contributed by atoms with Gasteiger partial charge >= 0.3 is 0 Å². The van der Waals surface area contributed by atoms with Crippen molar-refractivity contribution in [3.05, 3.63) is 0 Å². The van der Waals surface area contributed by atoms with E-state index in [0.717, 1.165) is 25.8 Å². The molecule has 2 aliphatic heterocycles. The van der Waals surface area contributed by atoms with Gasteiger partial charge in [0.2, 0.25) is 11.8 Å². The Morgan fingerprint density at radius 2 is 2.05 bits per heavy atom. The molecule has 0 radical (unpaired) electrons. The third-order valence-corrected chi connectivity index (χ3v) is 4.98. The van der Waals surface area contributed by atoms with Crippen molar-refractivity contribution in [1.29, 1.82) is 0 Å². The second kappa shape index (κ2) is 6.12. The summed E-state index contributed by atoms with van der Waals surface area (Å²) >= 11 is 0. The van der Waals surface area contributed by atoms with Crippen LogP contribution in [0.2, 0.25) is 0 Å². The van der Waals surface area contributed by atoms with E-state index in [9.17, 15) is 9.59 Å². The molecule has 0 bridgehead atoms. The average molecular weight is 279 g/mol. The topological polar surface area (TPSA) is 61.4 Å². The van der Waals surface area contributed by atoms with Crippen LogP contribution in [0, 0.1) is 5.92 Å². The van der Waals surface area contributed by atoms with Gasteiger partial charge in [-0.3, -0.25) is 9.59 Å². The van der Waals surface area contributed by atoms with Gasteiger partial charge in [-0.25, -0.2) is 0 Å². The highest BCUT2D eigenvalue weighted by Crippen LogP contribution is 2.29. The molecule has 0 spiro atoms.